The number of aryl methyl sites for hydroxylation is 4. The van der Waals surface area contributed by atoms with E-state index < -0.39 is 0 Å². The Labute approximate surface area is 745 Å². The molecule has 652 valence electrons. The van der Waals surface area contributed by atoms with Gasteiger partial charge in [-0.2, -0.15) is 0 Å². The molecule has 4 heterocycles. The van der Waals surface area contributed by atoms with Crippen LogP contribution in [0.15, 0.2) is 204 Å². The van der Waals surface area contributed by atoms with Gasteiger partial charge in [0.2, 0.25) is 0 Å². The molecule has 0 spiro atoms. The molecule has 17 rings (SSSR count). The summed E-state index contributed by atoms with van der Waals surface area (Å²) in [4.78, 5) is 44.6. The van der Waals surface area contributed by atoms with Gasteiger partial charge in [0.05, 0.1) is 32.8 Å². The normalized spacial score (nSPS) is 12.2. The molecule has 0 saturated heterocycles. The van der Waals surface area contributed by atoms with Crippen molar-refractivity contribution in [3.63, 3.8) is 0 Å². The van der Waals surface area contributed by atoms with E-state index in [9.17, 15) is 0 Å². The third-order valence-corrected chi connectivity index (χ3v) is 27.4. The predicted octanol–water partition coefficient (Wildman–Crippen LogP) is 34.6. The zero-order valence-electron chi connectivity index (χ0n) is 75.8. The van der Waals surface area contributed by atoms with Gasteiger partial charge in [-0.1, -0.05) is 356 Å². The number of benzene rings is 13. The Morgan fingerprint density at radius 3 is 0.698 bits per heavy atom. The minimum atomic E-state index is -0.229. The molecule has 4 aromatic heterocycles. The van der Waals surface area contributed by atoms with Crippen LogP contribution in [0.5, 0.6) is 46.0 Å². The highest BCUT2D eigenvalue weighted by Crippen LogP contribution is 2.58. The number of pyridine rings is 2. The fraction of sp³-hybridized carbons (Fsp3) is 0.414. The maximum absolute atomic E-state index is 16.7. The lowest BCUT2D eigenvalue weighted by Crippen LogP contribution is -2.15. The number of aromatic nitrogens is 4. The van der Waals surface area contributed by atoms with Gasteiger partial charge in [0.25, 0.3) is 11.1 Å². The predicted molar refractivity (Wildman–Crippen MR) is 533 cm³/mol. The van der Waals surface area contributed by atoms with E-state index in [0.717, 1.165) is 83.7 Å². The molecule has 0 radical (unpaired) electrons. The first-order valence-corrected chi connectivity index (χ1v) is 49.6. The number of nitrogens with zero attached hydrogens (tertiary/aromatic N) is 4. The third-order valence-electron chi connectivity index (χ3n) is 27.4. The van der Waals surface area contributed by atoms with Gasteiger partial charge in [-0.05, 0) is 192 Å². The van der Waals surface area contributed by atoms with Crippen molar-refractivity contribution in [1.82, 2.24) is 18.8 Å². The van der Waals surface area contributed by atoms with E-state index in [2.05, 4.69) is 198 Å². The lowest BCUT2D eigenvalue weighted by Gasteiger charge is -2.25. The SMILES string of the molecule is CCCCCCCCCCCCc1ccc(Oc2cc3c(=O)n4c5cc6ccccc6cc5nc4c4cc(Oc5ccc(CCCCCCCCCCCC)cc5)c5c6c(Oc7ccc(CCCCCCCCCCCC)cc7)cc7c8c(cc(Oc9ccc(CCCCCCCCCCCC)cc9)c(c2c5c34)c68)c(=O)n2c3cc4ccccc4cc3nc72)cc1. The monoisotopic (exact) mass is 1680 g/mol. The van der Waals surface area contributed by atoms with Crippen LogP contribution in [0.4, 0.5) is 0 Å². The third kappa shape index (κ3) is 19.9. The minimum Gasteiger partial charge on any atom is -0.457 e. The van der Waals surface area contributed by atoms with Gasteiger partial charge < -0.3 is 18.9 Å². The van der Waals surface area contributed by atoms with Crippen molar-refractivity contribution in [2.45, 2.75) is 310 Å². The van der Waals surface area contributed by atoms with Gasteiger partial charge in [-0.15, -0.1) is 0 Å². The average Bonchev–Trinajstić information content (AvgIpc) is 1.05. The highest BCUT2D eigenvalue weighted by Gasteiger charge is 2.33. The molecule has 0 amide bonds. The van der Waals surface area contributed by atoms with Crippen LogP contribution in [0.2, 0.25) is 0 Å². The maximum atomic E-state index is 16.7. The summed E-state index contributed by atoms with van der Waals surface area (Å²) >= 11 is 0. The molecule has 0 aliphatic carbocycles. The summed E-state index contributed by atoms with van der Waals surface area (Å²) in [5.74, 6) is 4.45. The van der Waals surface area contributed by atoms with Crippen LogP contribution in [-0.4, -0.2) is 18.8 Å². The van der Waals surface area contributed by atoms with Gasteiger partial charge >= 0.3 is 0 Å². The van der Waals surface area contributed by atoms with Crippen LogP contribution in [0.25, 0.3) is 120 Å². The first-order valence-electron chi connectivity index (χ1n) is 49.6. The van der Waals surface area contributed by atoms with Crippen molar-refractivity contribution >= 4 is 120 Å². The van der Waals surface area contributed by atoms with Crippen molar-refractivity contribution < 1.29 is 18.9 Å². The summed E-state index contributed by atoms with van der Waals surface area (Å²) in [6.07, 6.45) is 55.0. The topological polar surface area (TPSA) is 106 Å². The second kappa shape index (κ2) is 42.6. The van der Waals surface area contributed by atoms with Crippen molar-refractivity contribution in [1.29, 1.82) is 0 Å². The summed E-state index contributed by atoms with van der Waals surface area (Å²) in [5, 5.41) is 12.0. The summed E-state index contributed by atoms with van der Waals surface area (Å²) in [5.41, 5.74) is 8.39. The quantitative estimate of drug-likeness (QED) is 0.0211. The van der Waals surface area contributed by atoms with Gasteiger partial charge in [0.1, 0.15) is 57.3 Å². The van der Waals surface area contributed by atoms with E-state index in [1.165, 1.54) is 253 Å². The maximum Gasteiger partial charge on any atom is 0.264 e. The molecule has 10 nitrogen and oxygen atoms in total. The highest BCUT2D eigenvalue weighted by atomic mass is 16.5. The molecule has 0 atom stereocenters. The number of hydrogen-bond donors (Lipinski definition) is 0. The van der Waals surface area contributed by atoms with Crippen LogP contribution in [0.3, 0.4) is 0 Å². The molecule has 0 N–H and O–H groups in total. The number of imidazole rings is 2. The van der Waals surface area contributed by atoms with Crippen molar-refractivity contribution in [3.05, 3.63) is 237 Å². The Balaban J connectivity index is 0.876. The summed E-state index contributed by atoms with van der Waals surface area (Å²) < 4.78 is 34.6. The first kappa shape index (κ1) is 87.2. The van der Waals surface area contributed by atoms with E-state index in [4.69, 9.17) is 28.9 Å². The second-order valence-electron chi connectivity index (χ2n) is 36.9. The molecule has 10 heteroatoms. The highest BCUT2D eigenvalue weighted by molar-refractivity contribution is 6.45. The fourth-order valence-electron chi connectivity index (χ4n) is 20.4. The molecule has 0 unspecified atom stereocenters. The molecule has 126 heavy (non-hydrogen) atoms. The van der Waals surface area contributed by atoms with E-state index in [0.29, 0.717) is 133 Å². The van der Waals surface area contributed by atoms with Gasteiger partial charge in [0, 0.05) is 53.9 Å². The molecule has 0 aliphatic rings. The Kier molecular flexibility index (Phi) is 29.5. The minimum absolute atomic E-state index is 0.229. The van der Waals surface area contributed by atoms with Crippen molar-refractivity contribution in [2.24, 2.45) is 0 Å². The fourth-order valence-corrected chi connectivity index (χ4v) is 20.4. The largest absolute Gasteiger partial charge is 0.457 e. The Morgan fingerprint density at radius 1 is 0.230 bits per heavy atom. The lowest BCUT2D eigenvalue weighted by atomic mass is 9.84. The zero-order valence-corrected chi connectivity index (χ0v) is 75.8. The lowest BCUT2D eigenvalue weighted by molar-refractivity contribution is 0.483. The van der Waals surface area contributed by atoms with Gasteiger partial charge in [-0.3, -0.25) is 18.4 Å². The molecule has 17 aromatic rings. The van der Waals surface area contributed by atoms with Crippen LogP contribution in [-0.2, 0) is 25.7 Å². The Bertz CT molecular complexity index is 6170. The summed E-state index contributed by atoms with van der Waals surface area (Å²) in [6.45, 7) is 9.15. The van der Waals surface area contributed by atoms with E-state index in [-0.39, 0.29) is 11.1 Å². The summed E-state index contributed by atoms with van der Waals surface area (Å²) in [7, 11) is 0. The molecular formula is C116H132N4O6. The smallest absolute Gasteiger partial charge is 0.264 e. The number of fused-ring (bicyclic) bond motifs is 12. The average molecular weight is 1680 g/mol. The van der Waals surface area contributed by atoms with Crippen molar-refractivity contribution in [3.8, 4) is 46.0 Å². The second-order valence-corrected chi connectivity index (χ2v) is 36.9. The Hall–Kier alpha value is -10.8. The van der Waals surface area contributed by atoms with Gasteiger partial charge in [-0.25, -0.2) is 9.97 Å². The van der Waals surface area contributed by atoms with E-state index in [1.807, 2.05) is 33.1 Å². The van der Waals surface area contributed by atoms with E-state index >= 15 is 9.59 Å². The van der Waals surface area contributed by atoms with Crippen LogP contribution >= 0.6 is 0 Å². The van der Waals surface area contributed by atoms with Gasteiger partial charge in [0.15, 0.2) is 0 Å². The van der Waals surface area contributed by atoms with Crippen LogP contribution in [0, 0.1) is 0 Å². The molecule has 0 aliphatic heterocycles. The van der Waals surface area contributed by atoms with Crippen LogP contribution in [0.1, 0.15) is 307 Å². The molecule has 0 fully saturated rings. The number of unbranched alkanes of at least 4 members (excludes halogenated alkanes) is 36. The number of ether oxygens (including phenoxy) is 4. The molecule has 0 bridgehead atoms. The van der Waals surface area contributed by atoms with Crippen LogP contribution < -0.4 is 30.1 Å². The molecule has 0 saturated carbocycles. The number of hydrogen-bond acceptors (Lipinski definition) is 8. The Morgan fingerprint density at radius 2 is 0.452 bits per heavy atom. The first-order chi connectivity index (χ1) is 62.2. The molecule has 13 aromatic carbocycles. The standard InChI is InChI=1S/C116H132N4O6/c1-5-9-13-17-21-25-29-33-37-41-49-81-57-65-89(66-58-81)123-101-77-93-105-95(115(121)119-99-75-87-55-47-45-53-85(87)73-97(99)117-113(93)119)79-103(125-91-69-61-83(62-70-91)51-43-39-35-31-27-23-19-15-11-7-3)109-110-104(126-92-71-63-84(64-72-92)52-44-40-36-32-28-24-20-16-12-8-4)80-96-106-94(114-118-98-74-86-54-46-48-56-88(86)76-100(98)120(114)116(96)122)78-102(108(112(106)110)107(101)111(105)109)124-90-67-59-82(60-68-90)50-42-38-34-30-26-22-18-14-10-6-2/h45-48,53-80H,5-44,49-52H2,1-4H3. The van der Waals surface area contributed by atoms with E-state index in [1.54, 1.807) is 0 Å². The molecular weight excluding hydrogens is 1550 g/mol. The number of rotatable bonds is 52. The summed E-state index contributed by atoms with van der Waals surface area (Å²) in [6, 6.07) is 67.8. The van der Waals surface area contributed by atoms with Crippen molar-refractivity contribution in [2.75, 3.05) is 0 Å². The zero-order chi connectivity index (χ0) is 85.9.